The molecule has 3 aromatic rings. The number of rotatable bonds is 8. The zero-order valence-electron chi connectivity index (χ0n) is 19.2. The quantitative estimate of drug-likeness (QED) is 0.506. The van der Waals surface area contributed by atoms with Crippen molar-refractivity contribution in [2.45, 2.75) is 0 Å². The van der Waals surface area contributed by atoms with Crippen LogP contribution in [0.25, 0.3) is 5.57 Å². The molecule has 8 heteroatoms. The van der Waals surface area contributed by atoms with Gasteiger partial charge in [-0.05, 0) is 30.3 Å². The summed E-state index contributed by atoms with van der Waals surface area (Å²) in [6, 6.07) is 19.0. The van der Waals surface area contributed by atoms with Crippen molar-refractivity contribution in [3.05, 3.63) is 78.0 Å². The Morgan fingerprint density at radius 2 is 1.32 bits per heavy atom. The van der Waals surface area contributed by atoms with Crippen LogP contribution in [0.15, 0.2) is 72.4 Å². The van der Waals surface area contributed by atoms with Gasteiger partial charge in [0.25, 0.3) is 11.8 Å². The van der Waals surface area contributed by atoms with E-state index in [1.807, 2.05) is 0 Å². The van der Waals surface area contributed by atoms with Crippen molar-refractivity contribution in [1.82, 2.24) is 0 Å². The van der Waals surface area contributed by atoms with Crippen molar-refractivity contribution in [3.63, 3.8) is 0 Å². The van der Waals surface area contributed by atoms with Crippen LogP contribution in [0.3, 0.4) is 0 Å². The lowest BCUT2D eigenvalue weighted by Gasteiger charge is -2.18. The Morgan fingerprint density at radius 3 is 2.00 bits per heavy atom. The molecule has 1 aliphatic rings. The molecule has 0 saturated carbocycles. The number of hydrogen-bond acceptors (Lipinski definition) is 7. The first kappa shape index (κ1) is 22.7. The number of anilines is 2. The summed E-state index contributed by atoms with van der Waals surface area (Å²) in [7, 11) is 6.06. The van der Waals surface area contributed by atoms with Gasteiger partial charge in [0.15, 0.2) is 0 Å². The van der Waals surface area contributed by atoms with Crippen LogP contribution in [0.2, 0.25) is 0 Å². The lowest BCUT2D eigenvalue weighted by molar-refractivity contribution is -0.120. The second kappa shape index (κ2) is 9.58. The largest absolute Gasteiger partial charge is 0.497 e. The highest BCUT2D eigenvalue weighted by Crippen LogP contribution is 2.41. The van der Waals surface area contributed by atoms with Crippen molar-refractivity contribution in [1.29, 1.82) is 0 Å². The molecule has 8 nitrogen and oxygen atoms in total. The zero-order chi connectivity index (χ0) is 24.2. The Balaban J connectivity index is 1.91. The van der Waals surface area contributed by atoms with Crippen LogP contribution in [-0.4, -0.2) is 40.3 Å². The summed E-state index contributed by atoms with van der Waals surface area (Å²) in [5, 5.41) is 3.12. The van der Waals surface area contributed by atoms with E-state index in [1.54, 1.807) is 73.8 Å². The predicted molar refractivity (Wildman–Crippen MR) is 129 cm³/mol. The molecule has 34 heavy (non-hydrogen) atoms. The van der Waals surface area contributed by atoms with Gasteiger partial charge in [-0.1, -0.05) is 30.3 Å². The van der Waals surface area contributed by atoms with Gasteiger partial charge in [-0.3, -0.25) is 9.59 Å². The Hall–Kier alpha value is -4.46. The van der Waals surface area contributed by atoms with Gasteiger partial charge in [-0.15, -0.1) is 0 Å². The SMILES string of the molecule is COc1ccc(OC)c(NC2=C(c3ccccc3OC)C(=O)N(c3ccccc3OC)C2=O)c1. The van der Waals surface area contributed by atoms with Crippen LogP contribution >= 0.6 is 0 Å². The number of amides is 2. The second-order valence-corrected chi connectivity index (χ2v) is 7.26. The third kappa shape index (κ3) is 3.90. The highest BCUT2D eigenvalue weighted by atomic mass is 16.5. The Morgan fingerprint density at radius 1 is 0.676 bits per heavy atom. The van der Waals surface area contributed by atoms with Crippen LogP contribution in [-0.2, 0) is 9.59 Å². The monoisotopic (exact) mass is 460 g/mol. The van der Waals surface area contributed by atoms with Gasteiger partial charge in [0.1, 0.15) is 28.7 Å². The van der Waals surface area contributed by atoms with Crippen molar-refractivity contribution in [2.75, 3.05) is 38.7 Å². The number of para-hydroxylation sites is 3. The van der Waals surface area contributed by atoms with E-state index in [2.05, 4.69) is 5.32 Å². The molecule has 0 aliphatic carbocycles. The number of nitrogens with one attached hydrogen (secondary N) is 1. The van der Waals surface area contributed by atoms with Crippen LogP contribution < -0.4 is 29.2 Å². The molecular formula is C26H24N2O6. The van der Waals surface area contributed by atoms with Gasteiger partial charge < -0.3 is 24.3 Å². The van der Waals surface area contributed by atoms with E-state index in [4.69, 9.17) is 18.9 Å². The molecule has 0 saturated heterocycles. The third-order valence-electron chi connectivity index (χ3n) is 5.45. The Kier molecular flexibility index (Phi) is 6.40. The summed E-state index contributed by atoms with van der Waals surface area (Å²) in [4.78, 5) is 28.6. The zero-order valence-corrected chi connectivity index (χ0v) is 19.2. The van der Waals surface area contributed by atoms with E-state index in [1.165, 1.54) is 21.3 Å². The van der Waals surface area contributed by atoms with Crippen LogP contribution in [0.5, 0.6) is 23.0 Å². The standard InChI is InChI=1S/C26H24N2O6/c1-31-16-13-14-21(33-3)18(15-16)27-24-23(17-9-5-7-11-20(17)32-2)25(29)28(26(24)30)19-10-6-8-12-22(19)34-4/h5-15,27H,1-4H3. The molecule has 2 amide bonds. The van der Waals surface area contributed by atoms with Gasteiger partial charge in [0.2, 0.25) is 0 Å². The Bertz CT molecular complexity index is 1280. The van der Waals surface area contributed by atoms with E-state index < -0.39 is 11.8 Å². The highest BCUT2D eigenvalue weighted by Gasteiger charge is 2.42. The molecular weight excluding hydrogens is 436 g/mol. The second-order valence-electron chi connectivity index (χ2n) is 7.26. The molecule has 0 unspecified atom stereocenters. The van der Waals surface area contributed by atoms with Crippen LogP contribution in [0, 0.1) is 0 Å². The average Bonchev–Trinajstić information content (AvgIpc) is 3.12. The topological polar surface area (TPSA) is 86.3 Å². The molecule has 3 aromatic carbocycles. The van der Waals surface area contributed by atoms with E-state index in [0.717, 1.165) is 4.90 Å². The molecule has 0 aromatic heterocycles. The lowest BCUT2D eigenvalue weighted by atomic mass is 10.0. The maximum absolute atomic E-state index is 13.8. The third-order valence-corrected chi connectivity index (χ3v) is 5.45. The van der Waals surface area contributed by atoms with Crippen molar-refractivity contribution < 1.29 is 28.5 Å². The molecule has 1 heterocycles. The summed E-state index contributed by atoms with van der Waals surface area (Å²) in [5.74, 6) is 0.828. The number of benzene rings is 3. The van der Waals surface area contributed by atoms with Gasteiger partial charge >= 0.3 is 0 Å². The van der Waals surface area contributed by atoms with Gasteiger partial charge in [-0.25, -0.2) is 4.90 Å². The average molecular weight is 460 g/mol. The summed E-state index contributed by atoms with van der Waals surface area (Å²) in [6.07, 6.45) is 0. The normalized spacial score (nSPS) is 13.2. The smallest absolute Gasteiger partial charge is 0.282 e. The van der Waals surface area contributed by atoms with Crippen LogP contribution in [0.4, 0.5) is 11.4 Å². The van der Waals surface area contributed by atoms with Gasteiger partial charge in [0.05, 0.1) is 45.4 Å². The minimum absolute atomic E-state index is 0.0759. The number of methoxy groups -OCH3 is 4. The lowest BCUT2D eigenvalue weighted by Crippen LogP contribution is -2.32. The first-order valence-electron chi connectivity index (χ1n) is 10.4. The fraction of sp³-hybridized carbons (Fsp3) is 0.154. The summed E-state index contributed by atoms with van der Waals surface area (Å²) >= 11 is 0. The van der Waals surface area contributed by atoms with E-state index in [-0.39, 0.29) is 11.3 Å². The van der Waals surface area contributed by atoms with E-state index in [9.17, 15) is 9.59 Å². The molecule has 4 rings (SSSR count). The minimum Gasteiger partial charge on any atom is -0.497 e. The minimum atomic E-state index is -0.541. The fourth-order valence-electron chi connectivity index (χ4n) is 3.83. The molecule has 0 bridgehead atoms. The maximum atomic E-state index is 13.8. The predicted octanol–water partition coefficient (Wildman–Crippen LogP) is 4.12. The molecule has 0 fully saturated rings. The number of carbonyl (C=O) groups is 2. The first-order valence-corrected chi connectivity index (χ1v) is 10.4. The number of ether oxygens (including phenoxy) is 4. The van der Waals surface area contributed by atoms with Crippen molar-refractivity contribution in [3.8, 4) is 23.0 Å². The van der Waals surface area contributed by atoms with Crippen molar-refractivity contribution >= 4 is 28.8 Å². The number of nitrogens with zero attached hydrogens (tertiary/aromatic N) is 1. The van der Waals surface area contributed by atoms with Gasteiger partial charge in [-0.2, -0.15) is 0 Å². The fourth-order valence-corrected chi connectivity index (χ4v) is 3.83. The summed E-state index contributed by atoms with van der Waals surface area (Å²) in [5.41, 5.74) is 1.52. The number of hydrogen-bond donors (Lipinski definition) is 1. The number of imide groups is 1. The van der Waals surface area contributed by atoms with Crippen LogP contribution in [0.1, 0.15) is 5.56 Å². The van der Waals surface area contributed by atoms with Crippen molar-refractivity contribution in [2.24, 2.45) is 0 Å². The first-order chi connectivity index (χ1) is 16.5. The van der Waals surface area contributed by atoms with Gasteiger partial charge in [0, 0.05) is 11.6 Å². The van der Waals surface area contributed by atoms with E-state index in [0.29, 0.717) is 39.9 Å². The summed E-state index contributed by atoms with van der Waals surface area (Å²) < 4.78 is 21.7. The molecule has 1 N–H and O–H groups in total. The maximum Gasteiger partial charge on any atom is 0.282 e. The highest BCUT2D eigenvalue weighted by molar-refractivity contribution is 6.46. The molecule has 0 radical (unpaired) electrons. The molecule has 1 aliphatic heterocycles. The Labute approximate surface area is 197 Å². The molecule has 0 spiro atoms. The molecule has 174 valence electrons. The van der Waals surface area contributed by atoms with E-state index >= 15 is 0 Å². The molecule has 0 atom stereocenters. The number of carbonyl (C=O) groups excluding carboxylic acids is 2. The summed E-state index contributed by atoms with van der Waals surface area (Å²) in [6.45, 7) is 0.